The summed E-state index contributed by atoms with van der Waals surface area (Å²) in [5, 5.41) is 6.14. The van der Waals surface area contributed by atoms with Gasteiger partial charge in [0.1, 0.15) is 0 Å². The maximum absolute atomic E-state index is 13.9. The number of piperidine rings is 1. The number of alkyl halides is 3. The standard InChI is InChI=1S/C31H39F3N6O3S/c1-6-21-18-23(29(41)36-24-13-15-39(3)16-14-24)10-11-26(21)37-30-35-19-25(31(32,33)34)27(38-30)12-9-22-8-7-20(2)17-28(22)40(4)44(5,42)43/h7-8,10-11,17-19,24H,6,9,12-16H2,1-5H3,(H,36,41)(H,35,37,38). The van der Waals surface area contributed by atoms with Crippen LogP contribution in [-0.4, -0.2) is 68.7 Å². The lowest BCUT2D eigenvalue weighted by atomic mass is 10.0. The summed E-state index contributed by atoms with van der Waals surface area (Å²) in [7, 11) is -0.115. The molecule has 0 spiro atoms. The van der Waals surface area contributed by atoms with Crippen molar-refractivity contribution in [3.8, 4) is 0 Å². The maximum atomic E-state index is 13.9. The number of rotatable bonds is 10. The van der Waals surface area contributed by atoms with Crippen LogP contribution in [0.4, 0.5) is 30.5 Å². The molecule has 0 aliphatic carbocycles. The van der Waals surface area contributed by atoms with E-state index in [-0.39, 0.29) is 36.4 Å². The molecule has 3 aromatic rings. The lowest BCUT2D eigenvalue weighted by molar-refractivity contribution is -0.138. The van der Waals surface area contributed by atoms with Gasteiger partial charge in [0.25, 0.3) is 5.91 Å². The van der Waals surface area contributed by atoms with Crippen molar-refractivity contribution in [2.75, 3.05) is 43.1 Å². The summed E-state index contributed by atoms with van der Waals surface area (Å²) in [6.45, 7) is 5.58. The monoisotopic (exact) mass is 632 g/mol. The molecular weight excluding hydrogens is 593 g/mol. The number of benzene rings is 2. The number of carbonyl (C=O) groups excluding carboxylic acids is 1. The molecule has 0 atom stereocenters. The second-order valence-electron chi connectivity index (χ2n) is 11.3. The van der Waals surface area contributed by atoms with Crippen molar-refractivity contribution < 1.29 is 26.4 Å². The molecule has 1 amide bonds. The Kier molecular flexibility index (Phi) is 10.2. The van der Waals surface area contributed by atoms with Gasteiger partial charge in [0.2, 0.25) is 16.0 Å². The number of hydrogen-bond donors (Lipinski definition) is 2. The van der Waals surface area contributed by atoms with E-state index in [2.05, 4.69) is 32.5 Å². The topological polar surface area (TPSA) is 108 Å². The van der Waals surface area contributed by atoms with Crippen LogP contribution in [-0.2, 0) is 35.5 Å². The Labute approximate surface area is 256 Å². The zero-order valence-electron chi connectivity index (χ0n) is 25.6. The van der Waals surface area contributed by atoms with Gasteiger partial charge < -0.3 is 15.5 Å². The van der Waals surface area contributed by atoms with Crippen LogP contribution < -0.4 is 14.9 Å². The van der Waals surface area contributed by atoms with E-state index < -0.39 is 21.8 Å². The van der Waals surface area contributed by atoms with Crippen molar-refractivity contribution in [2.45, 2.75) is 58.2 Å². The second kappa shape index (κ2) is 13.5. The number of carbonyl (C=O) groups is 1. The van der Waals surface area contributed by atoms with Gasteiger partial charge in [-0.25, -0.2) is 18.4 Å². The number of nitrogens with one attached hydrogen (secondary N) is 2. The van der Waals surface area contributed by atoms with Gasteiger partial charge >= 0.3 is 6.18 Å². The summed E-state index contributed by atoms with van der Waals surface area (Å²) < 4.78 is 67.4. The minimum Gasteiger partial charge on any atom is -0.349 e. The third-order valence-corrected chi connectivity index (χ3v) is 9.12. The predicted octanol–water partition coefficient (Wildman–Crippen LogP) is 5.11. The molecule has 0 unspecified atom stereocenters. The molecule has 13 heteroatoms. The molecule has 1 fully saturated rings. The van der Waals surface area contributed by atoms with Crippen molar-refractivity contribution >= 4 is 33.3 Å². The van der Waals surface area contributed by atoms with Crippen LogP contribution >= 0.6 is 0 Å². The van der Waals surface area contributed by atoms with Crippen molar-refractivity contribution in [2.24, 2.45) is 0 Å². The van der Waals surface area contributed by atoms with Crippen molar-refractivity contribution in [3.05, 3.63) is 76.1 Å². The average Bonchev–Trinajstić information content (AvgIpc) is 2.96. The highest BCUT2D eigenvalue weighted by atomic mass is 32.2. The third-order valence-electron chi connectivity index (χ3n) is 7.93. The molecule has 0 saturated carbocycles. The van der Waals surface area contributed by atoms with Gasteiger partial charge in [0.05, 0.1) is 23.2 Å². The number of amides is 1. The molecule has 9 nitrogen and oxygen atoms in total. The zero-order chi connectivity index (χ0) is 32.2. The van der Waals surface area contributed by atoms with Crippen LogP contribution in [0.25, 0.3) is 0 Å². The van der Waals surface area contributed by atoms with Crippen LogP contribution in [0.15, 0.2) is 42.6 Å². The van der Waals surface area contributed by atoms with Crippen LogP contribution in [0.1, 0.15) is 58.1 Å². The Hall–Kier alpha value is -3.71. The smallest absolute Gasteiger partial charge is 0.349 e. The molecule has 4 rings (SSSR count). The van der Waals surface area contributed by atoms with Gasteiger partial charge in [-0.15, -0.1) is 0 Å². The summed E-state index contributed by atoms with van der Waals surface area (Å²) in [5.41, 5.74) is 2.52. The molecule has 2 heterocycles. The maximum Gasteiger partial charge on any atom is 0.419 e. The minimum absolute atomic E-state index is 0.0105. The van der Waals surface area contributed by atoms with E-state index in [0.29, 0.717) is 28.9 Å². The van der Waals surface area contributed by atoms with E-state index in [1.54, 1.807) is 36.4 Å². The first kappa shape index (κ1) is 33.2. The zero-order valence-corrected chi connectivity index (χ0v) is 26.4. The molecule has 1 aromatic heterocycles. The molecule has 0 radical (unpaired) electrons. The van der Waals surface area contributed by atoms with Crippen LogP contribution in [0.2, 0.25) is 0 Å². The van der Waals surface area contributed by atoms with Gasteiger partial charge in [0.15, 0.2) is 0 Å². The summed E-state index contributed by atoms with van der Waals surface area (Å²) in [4.78, 5) is 23.3. The van der Waals surface area contributed by atoms with Gasteiger partial charge in [-0.1, -0.05) is 19.1 Å². The fourth-order valence-corrected chi connectivity index (χ4v) is 5.73. The van der Waals surface area contributed by atoms with Gasteiger partial charge in [-0.05, 0) is 100 Å². The van der Waals surface area contributed by atoms with Crippen LogP contribution in [0.5, 0.6) is 0 Å². The van der Waals surface area contributed by atoms with E-state index in [0.717, 1.165) is 53.8 Å². The summed E-state index contributed by atoms with van der Waals surface area (Å²) in [6.07, 6.45) is -0.487. The average molecular weight is 633 g/mol. The van der Waals surface area contributed by atoms with Gasteiger partial charge in [-0.2, -0.15) is 13.2 Å². The normalized spacial score (nSPS) is 14.8. The number of aromatic nitrogens is 2. The Morgan fingerprint density at radius 1 is 1.09 bits per heavy atom. The SMILES string of the molecule is CCc1cc(C(=O)NC2CCN(C)CC2)ccc1Nc1ncc(C(F)(F)F)c(CCc2ccc(C)cc2N(C)S(C)(=O)=O)n1. The van der Waals surface area contributed by atoms with Crippen molar-refractivity contribution in [3.63, 3.8) is 0 Å². The number of halogens is 3. The van der Waals surface area contributed by atoms with Gasteiger partial charge in [-0.3, -0.25) is 9.10 Å². The first-order valence-electron chi connectivity index (χ1n) is 14.5. The lowest BCUT2D eigenvalue weighted by Crippen LogP contribution is -2.43. The largest absolute Gasteiger partial charge is 0.419 e. The van der Waals surface area contributed by atoms with Crippen LogP contribution in [0, 0.1) is 6.92 Å². The molecule has 1 saturated heterocycles. The summed E-state index contributed by atoms with van der Waals surface area (Å²) in [6, 6.07) is 10.5. The highest BCUT2D eigenvalue weighted by Gasteiger charge is 2.35. The predicted molar refractivity (Wildman–Crippen MR) is 166 cm³/mol. The molecule has 44 heavy (non-hydrogen) atoms. The molecule has 0 bridgehead atoms. The van der Waals surface area contributed by atoms with Gasteiger partial charge in [0, 0.05) is 30.5 Å². The Morgan fingerprint density at radius 2 is 1.80 bits per heavy atom. The number of aryl methyl sites for hydroxylation is 4. The number of hydrogen-bond acceptors (Lipinski definition) is 7. The highest BCUT2D eigenvalue weighted by molar-refractivity contribution is 7.92. The Balaban J connectivity index is 1.56. The minimum atomic E-state index is -4.68. The Morgan fingerprint density at radius 3 is 2.43 bits per heavy atom. The van der Waals surface area contributed by atoms with E-state index >= 15 is 0 Å². The molecule has 238 valence electrons. The summed E-state index contributed by atoms with van der Waals surface area (Å²) >= 11 is 0. The number of anilines is 3. The van der Waals surface area contributed by atoms with E-state index in [1.807, 2.05) is 13.8 Å². The first-order chi connectivity index (χ1) is 20.7. The van der Waals surface area contributed by atoms with Crippen LogP contribution in [0.3, 0.4) is 0 Å². The quantitative estimate of drug-likeness (QED) is 0.320. The highest BCUT2D eigenvalue weighted by Crippen LogP contribution is 2.33. The fraction of sp³-hybridized carbons (Fsp3) is 0.452. The number of sulfonamides is 1. The number of likely N-dealkylation sites (tertiary alicyclic amines) is 1. The number of nitrogens with zero attached hydrogens (tertiary/aromatic N) is 4. The van der Waals surface area contributed by atoms with E-state index in [1.165, 1.54) is 7.05 Å². The second-order valence-corrected chi connectivity index (χ2v) is 13.3. The van der Waals surface area contributed by atoms with Crippen molar-refractivity contribution in [1.29, 1.82) is 0 Å². The molecule has 2 N–H and O–H groups in total. The van der Waals surface area contributed by atoms with Crippen molar-refractivity contribution in [1.82, 2.24) is 20.2 Å². The molecular formula is C31H39F3N6O3S. The van der Waals surface area contributed by atoms with E-state index in [4.69, 9.17) is 0 Å². The third kappa shape index (κ3) is 8.26. The molecule has 1 aliphatic heterocycles. The fourth-order valence-electron chi connectivity index (χ4n) is 5.21. The lowest BCUT2D eigenvalue weighted by Gasteiger charge is -2.29. The summed E-state index contributed by atoms with van der Waals surface area (Å²) in [5.74, 6) is -0.172. The molecule has 2 aromatic carbocycles. The first-order valence-corrected chi connectivity index (χ1v) is 16.4. The molecule has 1 aliphatic rings. The van der Waals surface area contributed by atoms with E-state index in [9.17, 15) is 26.4 Å². The Bertz CT molecular complexity index is 1610.